The first-order chi connectivity index (χ1) is 9.47. The molecule has 0 saturated heterocycles. The standard InChI is InChI=1S/C12H19N5O3/c1-8-2-4-12(6-18,5-3-8)16-11-9(17(19)20)10(13)14-7-15-11/h7-8,18H,2-6H2,1H3,(H3,13,14,15,16). The molecule has 1 saturated carbocycles. The molecule has 4 N–H and O–H groups in total. The van der Waals surface area contributed by atoms with E-state index in [1.54, 1.807) is 0 Å². The van der Waals surface area contributed by atoms with Gasteiger partial charge in [-0.25, -0.2) is 9.97 Å². The first kappa shape index (κ1) is 14.4. The summed E-state index contributed by atoms with van der Waals surface area (Å²) in [6.45, 7) is 2.06. The summed E-state index contributed by atoms with van der Waals surface area (Å²) >= 11 is 0. The zero-order valence-corrected chi connectivity index (χ0v) is 11.4. The highest BCUT2D eigenvalue weighted by Crippen LogP contribution is 2.36. The SMILES string of the molecule is CC1CCC(CO)(Nc2ncnc(N)c2[N+](=O)[O-])CC1. The molecule has 1 aliphatic rings. The summed E-state index contributed by atoms with van der Waals surface area (Å²) in [6.07, 6.45) is 4.59. The lowest BCUT2D eigenvalue weighted by Gasteiger charge is -2.38. The summed E-state index contributed by atoms with van der Waals surface area (Å²) in [5, 5.41) is 23.8. The normalized spacial score (nSPS) is 26.2. The van der Waals surface area contributed by atoms with Crippen molar-refractivity contribution in [2.24, 2.45) is 5.92 Å². The van der Waals surface area contributed by atoms with Crippen molar-refractivity contribution in [3.63, 3.8) is 0 Å². The van der Waals surface area contributed by atoms with Gasteiger partial charge in [0, 0.05) is 0 Å². The van der Waals surface area contributed by atoms with Crippen LogP contribution in [0.2, 0.25) is 0 Å². The monoisotopic (exact) mass is 281 g/mol. The Bertz CT molecular complexity index is 500. The van der Waals surface area contributed by atoms with Crippen molar-refractivity contribution in [2.45, 2.75) is 38.1 Å². The van der Waals surface area contributed by atoms with Gasteiger partial charge in [0.2, 0.25) is 11.6 Å². The molecule has 1 heterocycles. The Morgan fingerprint density at radius 1 is 1.55 bits per heavy atom. The molecule has 2 rings (SSSR count). The number of nitrogens with two attached hydrogens (primary N) is 1. The van der Waals surface area contributed by atoms with Crippen molar-refractivity contribution in [3.8, 4) is 0 Å². The number of hydrogen-bond donors (Lipinski definition) is 3. The van der Waals surface area contributed by atoms with Gasteiger partial charge in [0.15, 0.2) is 0 Å². The van der Waals surface area contributed by atoms with E-state index in [1.807, 2.05) is 0 Å². The van der Waals surface area contributed by atoms with Crippen LogP contribution in [-0.2, 0) is 0 Å². The van der Waals surface area contributed by atoms with Crippen molar-refractivity contribution < 1.29 is 10.0 Å². The van der Waals surface area contributed by atoms with Crippen LogP contribution in [0.4, 0.5) is 17.3 Å². The Hall–Kier alpha value is -1.96. The topological polar surface area (TPSA) is 127 Å². The molecule has 0 amide bonds. The predicted molar refractivity (Wildman–Crippen MR) is 74.2 cm³/mol. The molecule has 0 aromatic carbocycles. The second-order valence-electron chi connectivity index (χ2n) is 5.46. The second kappa shape index (κ2) is 5.58. The van der Waals surface area contributed by atoms with E-state index in [1.165, 1.54) is 6.33 Å². The van der Waals surface area contributed by atoms with E-state index in [0.29, 0.717) is 5.92 Å². The van der Waals surface area contributed by atoms with E-state index in [-0.39, 0.29) is 23.9 Å². The van der Waals surface area contributed by atoms with Crippen LogP contribution in [-0.4, -0.2) is 32.1 Å². The van der Waals surface area contributed by atoms with Crippen molar-refractivity contribution in [1.82, 2.24) is 9.97 Å². The Labute approximate surface area is 116 Å². The lowest BCUT2D eigenvalue weighted by atomic mass is 9.77. The maximum Gasteiger partial charge on any atom is 0.353 e. The number of rotatable bonds is 4. The van der Waals surface area contributed by atoms with Gasteiger partial charge >= 0.3 is 5.69 Å². The molecular weight excluding hydrogens is 262 g/mol. The van der Waals surface area contributed by atoms with Gasteiger partial charge in [-0.05, 0) is 31.6 Å². The fraction of sp³-hybridized carbons (Fsp3) is 0.667. The van der Waals surface area contributed by atoms with Crippen LogP contribution in [0.3, 0.4) is 0 Å². The number of nitrogens with zero attached hydrogens (tertiary/aromatic N) is 3. The molecule has 110 valence electrons. The first-order valence-electron chi connectivity index (χ1n) is 6.61. The molecule has 0 aliphatic heterocycles. The molecule has 1 aromatic heterocycles. The van der Waals surface area contributed by atoms with E-state index >= 15 is 0 Å². The van der Waals surface area contributed by atoms with E-state index in [0.717, 1.165) is 25.7 Å². The maximum atomic E-state index is 11.1. The molecule has 0 unspecified atom stereocenters. The van der Waals surface area contributed by atoms with Crippen molar-refractivity contribution >= 4 is 17.3 Å². The Morgan fingerprint density at radius 3 is 2.75 bits per heavy atom. The van der Waals surface area contributed by atoms with Crippen LogP contribution >= 0.6 is 0 Å². The largest absolute Gasteiger partial charge is 0.394 e. The highest BCUT2D eigenvalue weighted by atomic mass is 16.6. The van der Waals surface area contributed by atoms with Gasteiger partial charge in [0.05, 0.1) is 17.1 Å². The summed E-state index contributed by atoms with van der Waals surface area (Å²) in [7, 11) is 0. The van der Waals surface area contributed by atoms with Gasteiger partial charge in [0.25, 0.3) is 0 Å². The van der Waals surface area contributed by atoms with E-state index < -0.39 is 10.5 Å². The first-order valence-corrected chi connectivity index (χ1v) is 6.61. The third-order valence-corrected chi connectivity index (χ3v) is 3.95. The van der Waals surface area contributed by atoms with Gasteiger partial charge in [-0.1, -0.05) is 6.92 Å². The minimum atomic E-state index is -0.603. The van der Waals surface area contributed by atoms with Crippen LogP contribution in [0.15, 0.2) is 6.33 Å². The molecule has 0 spiro atoms. The molecule has 1 fully saturated rings. The molecule has 8 nitrogen and oxygen atoms in total. The number of aliphatic hydroxyl groups excluding tert-OH is 1. The molecule has 1 aliphatic carbocycles. The number of nitrogens with one attached hydrogen (secondary N) is 1. The van der Waals surface area contributed by atoms with Crippen molar-refractivity contribution in [1.29, 1.82) is 0 Å². The highest BCUT2D eigenvalue weighted by Gasteiger charge is 2.36. The van der Waals surface area contributed by atoms with Crippen LogP contribution in [0.1, 0.15) is 32.6 Å². The zero-order valence-electron chi connectivity index (χ0n) is 11.4. The number of nitrogen functional groups attached to an aromatic ring is 1. The summed E-state index contributed by atoms with van der Waals surface area (Å²) in [5.41, 5.74) is 4.63. The quantitative estimate of drug-likeness (QED) is 0.561. The summed E-state index contributed by atoms with van der Waals surface area (Å²) < 4.78 is 0. The second-order valence-corrected chi connectivity index (χ2v) is 5.46. The van der Waals surface area contributed by atoms with E-state index in [9.17, 15) is 15.2 Å². The maximum absolute atomic E-state index is 11.1. The summed E-state index contributed by atoms with van der Waals surface area (Å²) in [5.74, 6) is 0.498. The van der Waals surface area contributed by atoms with Crippen LogP contribution in [0.5, 0.6) is 0 Å². The summed E-state index contributed by atoms with van der Waals surface area (Å²) in [4.78, 5) is 18.0. The van der Waals surface area contributed by atoms with Gasteiger partial charge in [-0.15, -0.1) is 0 Å². The van der Waals surface area contributed by atoms with Crippen LogP contribution in [0.25, 0.3) is 0 Å². The third-order valence-electron chi connectivity index (χ3n) is 3.95. The Kier molecular flexibility index (Phi) is 4.03. The Balaban J connectivity index is 2.28. The average Bonchev–Trinajstić information content (AvgIpc) is 2.41. The lowest BCUT2D eigenvalue weighted by Crippen LogP contribution is -2.45. The number of aromatic nitrogens is 2. The molecule has 0 atom stereocenters. The molecule has 0 radical (unpaired) electrons. The van der Waals surface area contributed by atoms with E-state index in [4.69, 9.17) is 5.73 Å². The minimum Gasteiger partial charge on any atom is -0.394 e. The molecular formula is C12H19N5O3. The minimum absolute atomic E-state index is 0.0751. The molecule has 1 aromatic rings. The number of nitro groups is 1. The zero-order chi connectivity index (χ0) is 14.8. The van der Waals surface area contributed by atoms with Crippen LogP contribution < -0.4 is 11.1 Å². The molecule has 20 heavy (non-hydrogen) atoms. The third kappa shape index (κ3) is 2.79. The van der Waals surface area contributed by atoms with Gasteiger partial charge in [-0.3, -0.25) is 10.1 Å². The average molecular weight is 281 g/mol. The van der Waals surface area contributed by atoms with Crippen molar-refractivity contribution in [2.75, 3.05) is 17.7 Å². The molecule has 0 bridgehead atoms. The highest BCUT2D eigenvalue weighted by molar-refractivity contribution is 5.67. The van der Waals surface area contributed by atoms with Gasteiger partial charge < -0.3 is 16.2 Å². The number of anilines is 2. The van der Waals surface area contributed by atoms with Gasteiger partial charge in [-0.2, -0.15) is 0 Å². The molecule has 8 heteroatoms. The van der Waals surface area contributed by atoms with Crippen molar-refractivity contribution in [3.05, 3.63) is 16.4 Å². The Morgan fingerprint density at radius 2 is 2.20 bits per heavy atom. The van der Waals surface area contributed by atoms with Gasteiger partial charge in [0.1, 0.15) is 6.33 Å². The number of hydrogen-bond acceptors (Lipinski definition) is 7. The fourth-order valence-electron chi connectivity index (χ4n) is 2.55. The lowest BCUT2D eigenvalue weighted by molar-refractivity contribution is -0.383. The smallest absolute Gasteiger partial charge is 0.353 e. The predicted octanol–water partition coefficient (Wildman–Crippen LogP) is 1.32. The number of aliphatic hydroxyl groups is 1. The van der Waals surface area contributed by atoms with E-state index in [2.05, 4.69) is 22.2 Å². The van der Waals surface area contributed by atoms with Crippen LogP contribution in [0, 0.1) is 16.0 Å². The summed E-state index contributed by atoms with van der Waals surface area (Å²) in [6, 6.07) is 0. The fourth-order valence-corrected chi connectivity index (χ4v) is 2.55.